The molecule has 1 fully saturated rings. The van der Waals surface area contributed by atoms with Gasteiger partial charge in [0, 0.05) is 43.8 Å². The smallest absolute Gasteiger partial charge is 0.282 e. The van der Waals surface area contributed by atoms with E-state index in [1.165, 1.54) is 12.1 Å². The third kappa shape index (κ3) is 2.77. The van der Waals surface area contributed by atoms with Gasteiger partial charge in [-0.3, -0.25) is 14.9 Å². The number of hydrogen-bond donors (Lipinski definition) is 0. The topological polar surface area (TPSA) is 79.6 Å². The minimum absolute atomic E-state index is 0.144. The summed E-state index contributed by atoms with van der Waals surface area (Å²) < 4.78 is 0. The summed E-state index contributed by atoms with van der Waals surface area (Å²) in [5.41, 5.74) is 0.00468. The van der Waals surface area contributed by atoms with Crippen molar-refractivity contribution in [1.82, 2.24) is 9.88 Å². The van der Waals surface area contributed by atoms with Gasteiger partial charge in [-0.15, -0.1) is 11.3 Å². The highest BCUT2D eigenvalue weighted by atomic mass is 32.1. The Labute approximate surface area is 131 Å². The monoisotopic (exact) mass is 318 g/mol. The van der Waals surface area contributed by atoms with E-state index in [1.54, 1.807) is 34.6 Å². The highest BCUT2D eigenvalue weighted by Gasteiger charge is 2.27. The zero-order valence-electron chi connectivity index (χ0n) is 11.7. The lowest BCUT2D eigenvalue weighted by atomic mass is 10.1. The predicted molar refractivity (Wildman–Crippen MR) is 83.3 cm³/mol. The summed E-state index contributed by atoms with van der Waals surface area (Å²) in [6, 6.07) is 6.08. The van der Waals surface area contributed by atoms with E-state index in [0.717, 1.165) is 5.13 Å². The number of amides is 1. The van der Waals surface area contributed by atoms with Gasteiger partial charge in [0.2, 0.25) is 0 Å². The molecule has 1 saturated heterocycles. The lowest BCUT2D eigenvalue weighted by Crippen LogP contribution is -2.48. The third-order valence-corrected chi connectivity index (χ3v) is 4.42. The van der Waals surface area contributed by atoms with Gasteiger partial charge >= 0.3 is 0 Å². The number of aromatic nitrogens is 1. The lowest BCUT2D eigenvalue weighted by Gasteiger charge is -2.34. The van der Waals surface area contributed by atoms with Crippen molar-refractivity contribution >= 4 is 28.1 Å². The number of para-hydroxylation sites is 1. The zero-order chi connectivity index (χ0) is 15.5. The first kappa shape index (κ1) is 14.5. The third-order valence-electron chi connectivity index (χ3n) is 3.59. The first-order valence-corrected chi connectivity index (χ1v) is 7.72. The molecule has 1 aromatic heterocycles. The van der Waals surface area contributed by atoms with Gasteiger partial charge in [0.1, 0.15) is 5.56 Å². The molecule has 1 aliphatic heterocycles. The van der Waals surface area contributed by atoms with E-state index in [-0.39, 0.29) is 17.2 Å². The van der Waals surface area contributed by atoms with Gasteiger partial charge in [0.15, 0.2) is 5.13 Å². The van der Waals surface area contributed by atoms with Crippen molar-refractivity contribution in [2.75, 3.05) is 31.1 Å². The van der Waals surface area contributed by atoms with Crippen molar-refractivity contribution in [2.45, 2.75) is 0 Å². The van der Waals surface area contributed by atoms with Crippen LogP contribution in [0.2, 0.25) is 0 Å². The molecule has 0 unspecified atom stereocenters. The number of anilines is 1. The number of benzene rings is 1. The number of nitro groups is 1. The largest absolute Gasteiger partial charge is 0.345 e. The van der Waals surface area contributed by atoms with Crippen LogP contribution in [-0.2, 0) is 0 Å². The zero-order valence-corrected chi connectivity index (χ0v) is 12.5. The molecule has 0 atom stereocenters. The SMILES string of the molecule is O=C(c1ccccc1[N+](=O)[O-])N1CCN(c2nccs2)CC1. The first-order chi connectivity index (χ1) is 10.7. The Bertz CT molecular complexity index is 681. The van der Waals surface area contributed by atoms with Crippen LogP contribution < -0.4 is 4.90 Å². The number of carbonyl (C=O) groups excluding carboxylic acids is 1. The standard InChI is InChI=1S/C14H14N4O3S/c19-13(11-3-1-2-4-12(11)18(20)21)16-6-8-17(9-7-16)14-15-5-10-22-14/h1-5,10H,6-9H2. The average Bonchev–Trinajstić information content (AvgIpc) is 3.09. The molecule has 1 aromatic carbocycles. The number of thiazole rings is 1. The molecule has 1 amide bonds. The number of carbonyl (C=O) groups is 1. The van der Waals surface area contributed by atoms with Crippen LogP contribution in [0.5, 0.6) is 0 Å². The molecule has 0 radical (unpaired) electrons. The van der Waals surface area contributed by atoms with Crippen molar-refractivity contribution in [3.8, 4) is 0 Å². The van der Waals surface area contributed by atoms with Gasteiger partial charge in [0.05, 0.1) is 4.92 Å². The summed E-state index contributed by atoms with van der Waals surface area (Å²) in [6.07, 6.45) is 1.75. The van der Waals surface area contributed by atoms with Crippen LogP contribution in [0.3, 0.4) is 0 Å². The molecule has 7 nitrogen and oxygen atoms in total. The second-order valence-electron chi connectivity index (χ2n) is 4.87. The van der Waals surface area contributed by atoms with Crippen molar-refractivity contribution in [2.24, 2.45) is 0 Å². The second-order valence-corrected chi connectivity index (χ2v) is 5.74. The fourth-order valence-electron chi connectivity index (χ4n) is 2.46. The van der Waals surface area contributed by atoms with Gasteiger partial charge in [-0.25, -0.2) is 4.98 Å². The molecule has 1 aliphatic rings. The normalized spacial score (nSPS) is 14.9. The molecule has 8 heteroatoms. The van der Waals surface area contributed by atoms with Gasteiger partial charge < -0.3 is 9.80 Å². The van der Waals surface area contributed by atoms with Crippen LogP contribution in [0.25, 0.3) is 0 Å². The molecule has 114 valence electrons. The summed E-state index contributed by atoms with van der Waals surface area (Å²) in [7, 11) is 0. The van der Waals surface area contributed by atoms with Gasteiger partial charge in [-0.2, -0.15) is 0 Å². The van der Waals surface area contributed by atoms with Gasteiger partial charge in [0.25, 0.3) is 11.6 Å². The molecule has 22 heavy (non-hydrogen) atoms. The van der Waals surface area contributed by atoms with Crippen molar-refractivity contribution in [3.63, 3.8) is 0 Å². The molecule has 0 saturated carbocycles. The lowest BCUT2D eigenvalue weighted by molar-refractivity contribution is -0.385. The predicted octanol–water partition coefficient (Wildman–Crippen LogP) is 2.01. The summed E-state index contributed by atoms with van der Waals surface area (Å²) >= 11 is 1.56. The molecular formula is C14H14N4O3S. The molecule has 0 spiro atoms. The molecule has 2 aromatic rings. The van der Waals surface area contributed by atoms with E-state index in [1.807, 2.05) is 5.38 Å². The summed E-state index contributed by atoms with van der Waals surface area (Å²) in [4.78, 5) is 31.1. The second kappa shape index (κ2) is 6.10. The number of rotatable bonds is 3. The highest BCUT2D eigenvalue weighted by Crippen LogP contribution is 2.22. The fraction of sp³-hybridized carbons (Fsp3) is 0.286. The molecule has 0 aliphatic carbocycles. The Morgan fingerprint density at radius 1 is 1.23 bits per heavy atom. The molecule has 0 bridgehead atoms. The van der Waals surface area contributed by atoms with Crippen molar-refractivity contribution < 1.29 is 9.72 Å². The van der Waals surface area contributed by atoms with Crippen LogP contribution in [0.4, 0.5) is 10.8 Å². The average molecular weight is 318 g/mol. The number of piperazine rings is 1. The van der Waals surface area contributed by atoms with Gasteiger partial charge in [-0.1, -0.05) is 12.1 Å². The van der Waals surface area contributed by atoms with Crippen LogP contribution in [0, 0.1) is 10.1 Å². The first-order valence-electron chi connectivity index (χ1n) is 6.84. The fourth-order valence-corrected chi connectivity index (χ4v) is 3.15. The van der Waals surface area contributed by atoms with Gasteiger partial charge in [-0.05, 0) is 6.07 Å². The van der Waals surface area contributed by atoms with E-state index in [2.05, 4.69) is 9.88 Å². The van der Waals surface area contributed by atoms with Crippen LogP contribution in [0.15, 0.2) is 35.8 Å². The van der Waals surface area contributed by atoms with Crippen molar-refractivity contribution in [3.05, 3.63) is 51.5 Å². The Kier molecular flexibility index (Phi) is 4.01. The van der Waals surface area contributed by atoms with Crippen LogP contribution in [-0.4, -0.2) is 46.9 Å². The maximum atomic E-state index is 12.5. The summed E-state index contributed by atoms with van der Waals surface area (Å²) in [5.74, 6) is -0.286. The minimum Gasteiger partial charge on any atom is -0.345 e. The number of hydrogen-bond acceptors (Lipinski definition) is 6. The van der Waals surface area contributed by atoms with Crippen LogP contribution >= 0.6 is 11.3 Å². The number of nitro benzene ring substituents is 1. The Balaban J connectivity index is 1.71. The molecule has 0 N–H and O–H groups in total. The maximum absolute atomic E-state index is 12.5. The van der Waals surface area contributed by atoms with E-state index < -0.39 is 4.92 Å². The quantitative estimate of drug-likeness (QED) is 0.639. The summed E-state index contributed by atoms with van der Waals surface area (Å²) in [6.45, 7) is 2.43. The van der Waals surface area contributed by atoms with E-state index in [0.29, 0.717) is 26.2 Å². The molecule has 2 heterocycles. The Morgan fingerprint density at radius 3 is 2.59 bits per heavy atom. The number of nitrogens with zero attached hydrogens (tertiary/aromatic N) is 4. The van der Waals surface area contributed by atoms with E-state index in [4.69, 9.17) is 0 Å². The minimum atomic E-state index is -0.515. The molecular weight excluding hydrogens is 304 g/mol. The Morgan fingerprint density at radius 2 is 1.95 bits per heavy atom. The van der Waals surface area contributed by atoms with E-state index in [9.17, 15) is 14.9 Å². The summed E-state index contributed by atoms with van der Waals surface area (Å²) in [5, 5.41) is 13.9. The van der Waals surface area contributed by atoms with Crippen molar-refractivity contribution in [1.29, 1.82) is 0 Å². The van der Waals surface area contributed by atoms with Crippen LogP contribution in [0.1, 0.15) is 10.4 Å². The highest BCUT2D eigenvalue weighted by molar-refractivity contribution is 7.13. The Hall–Kier alpha value is -2.48. The molecule has 3 rings (SSSR count). The van der Waals surface area contributed by atoms with E-state index >= 15 is 0 Å². The maximum Gasteiger partial charge on any atom is 0.282 e.